The number of hydrogen-bond acceptors (Lipinski definition) is 3. The summed E-state index contributed by atoms with van der Waals surface area (Å²) in [5, 5.41) is 14.6. The van der Waals surface area contributed by atoms with Crippen molar-refractivity contribution in [1.82, 2.24) is 20.0 Å². The van der Waals surface area contributed by atoms with E-state index < -0.39 is 0 Å². The van der Waals surface area contributed by atoms with Crippen LogP contribution in [0.25, 0.3) is 82.8 Å². The number of pyridine rings is 1. The first kappa shape index (κ1) is 27.0. The molecule has 220 valence electrons. The molecule has 0 spiro atoms. The van der Waals surface area contributed by atoms with E-state index in [0.717, 1.165) is 39.0 Å². The minimum atomic E-state index is 0.854. The van der Waals surface area contributed by atoms with E-state index in [2.05, 4.69) is 145 Å². The zero-order valence-electron chi connectivity index (χ0n) is 25.5. The van der Waals surface area contributed by atoms with Crippen molar-refractivity contribution in [2.75, 3.05) is 0 Å². The number of hydrogen-bond donors (Lipinski definition) is 0. The van der Waals surface area contributed by atoms with Gasteiger partial charge in [-0.15, -0.1) is 10.2 Å². The highest BCUT2D eigenvalue weighted by molar-refractivity contribution is 6.21. The van der Waals surface area contributed by atoms with Crippen LogP contribution >= 0.6 is 0 Å². The van der Waals surface area contributed by atoms with Gasteiger partial charge in [-0.3, -0.25) is 4.98 Å². The fraction of sp³-hybridized carbons (Fsp3) is 0. The molecule has 2 heterocycles. The van der Waals surface area contributed by atoms with Crippen LogP contribution in [0, 0.1) is 0 Å². The number of benzene rings is 7. The topological polar surface area (TPSA) is 43.6 Å². The van der Waals surface area contributed by atoms with E-state index in [1.165, 1.54) is 43.8 Å². The second kappa shape index (κ2) is 11.2. The molecule has 0 aliphatic rings. The summed E-state index contributed by atoms with van der Waals surface area (Å²) in [6, 6.07) is 55.8. The standard InChI is InChI=1S/C43H28N4/c1-2-10-30(11-3-1)42-36-15-4-6-17-38(36)43(39-18-7-5-16-37(39)42)33-13-8-12-31(26-33)32-21-24-40-41(27-32)46-47(45-40)35-22-19-29(20-23-35)34-14-9-25-44-28-34/h1-28H. The molecule has 9 aromatic rings. The fourth-order valence-corrected chi connectivity index (χ4v) is 6.74. The average Bonchev–Trinajstić information content (AvgIpc) is 3.58. The van der Waals surface area contributed by atoms with Crippen molar-refractivity contribution < 1.29 is 0 Å². The van der Waals surface area contributed by atoms with Gasteiger partial charge in [0.25, 0.3) is 0 Å². The smallest absolute Gasteiger partial charge is 0.114 e. The van der Waals surface area contributed by atoms with Crippen molar-refractivity contribution >= 4 is 32.6 Å². The van der Waals surface area contributed by atoms with Crippen molar-refractivity contribution in [3.63, 3.8) is 0 Å². The summed E-state index contributed by atoms with van der Waals surface area (Å²) in [7, 11) is 0. The van der Waals surface area contributed by atoms with Crippen molar-refractivity contribution in [2.24, 2.45) is 0 Å². The van der Waals surface area contributed by atoms with Gasteiger partial charge in [-0.25, -0.2) is 0 Å². The molecule has 0 saturated carbocycles. The maximum absolute atomic E-state index is 4.87. The molecule has 0 saturated heterocycles. The van der Waals surface area contributed by atoms with E-state index in [-0.39, 0.29) is 0 Å². The number of aromatic nitrogens is 4. The molecule has 7 aromatic carbocycles. The maximum atomic E-state index is 4.87. The van der Waals surface area contributed by atoms with Crippen molar-refractivity contribution in [2.45, 2.75) is 0 Å². The van der Waals surface area contributed by atoms with E-state index >= 15 is 0 Å². The predicted octanol–water partition coefficient (Wildman–Crippen LogP) is 10.8. The summed E-state index contributed by atoms with van der Waals surface area (Å²) in [6.07, 6.45) is 3.66. The van der Waals surface area contributed by atoms with E-state index in [0.29, 0.717) is 0 Å². The molecule has 0 radical (unpaired) electrons. The van der Waals surface area contributed by atoms with Crippen LogP contribution in [-0.4, -0.2) is 20.0 Å². The quantitative estimate of drug-likeness (QED) is 0.185. The van der Waals surface area contributed by atoms with Crippen LogP contribution in [0.4, 0.5) is 0 Å². The Kier molecular flexibility index (Phi) is 6.43. The third kappa shape index (κ3) is 4.75. The second-order valence-corrected chi connectivity index (χ2v) is 11.8. The van der Waals surface area contributed by atoms with Crippen LogP contribution in [0.2, 0.25) is 0 Å². The molecular weight excluding hydrogens is 573 g/mol. The minimum Gasteiger partial charge on any atom is -0.264 e. The first-order valence-electron chi connectivity index (χ1n) is 15.8. The van der Waals surface area contributed by atoms with Crippen molar-refractivity contribution in [3.05, 3.63) is 170 Å². The largest absolute Gasteiger partial charge is 0.264 e. The Morgan fingerprint density at radius 1 is 0.362 bits per heavy atom. The van der Waals surface area contributed by atoms with Crippen LogP contribution in [0.5, 0.6) is 0 Å². The van der Waals surface area contributed by atoms with Crippen LogP contribution in [0.15, 0.2) is 170 Å². The molecule has 47 heavy (non-hydrogen) atoms. The highest BCUT2D eigenvalue weighted by atomic mass is 15.5. The van der Waals surface area contributed by atoms with Gasteiger partial charge in [0.1, 0.15) is 11.0 Å². The van der Waals surface area contributed by atoms with E-state index in [4.69, 9.17) is 10.2 Å². The molecule has 0 atom stereocenters. The Bertz CT molecular complexity index is 2490. The molecule has 4 heteroatoms. The molecular formula is C43H28N4. The molecule has 0 bridgehead atoms. The molecule has 2 aromatic heterocycles. The summed E-state index contributed by atoms with van der Waals surface area (Å²) in [5.74, 6) is 0. The SMILES string of the molecule is c1ccc(-c2c3ccccc3c(-c3cccc(-c4ccc5nn(-c6ccc(-c7cccnc7)cc6)nc5c4)c3)c3ccccc23)cc1. The summed E-state index contributed by atoms with van der Waals surface area (Å²) in [6.45, 7) is 0. The van der Waals surface area contributed by atoms with Gasteiger partial charge in [-0.05, 0) is 102 Å². The third-order valence-electron chi connectivity index (χ3n) is 8.95. The molecule has 0 fully saturated rings. The highest BCUT2D eigenvalue weighted by Gasteiger charge is 2.17. The normalized spacial score (nSPS) is 11.4. The molecule has 0 aliphatic heterocycles. The Morgan fingerprint density at radius 2 is 0.915 bits per heavy atom. The van der Waals surface area contributed by atoms with Gasteiger partial charge in [-0.2, -0.15) is 4.80 Å². The number of fused-ring (bicyclic) bond motifs is 3. The first-order valence-corrected chi connectivity index (χ1v) is 15.8. The lowest BCUT2D eigenvalue weighted by Crippen LogP contribution is -1.97. The summed E-state index contributed by atoms with van der Waals surface area (Å²) in [5.41, 5.74) is 12.0. The van der Waals surface area contributed by atoms with Gasteiger partial charge >= 0.3 is 0 Å². The molecule has 4 nitrogen and oxygen atoms in total. The van der Waals surface area contributed by atoms with Crippen LogP contribution in [0.1, 0.15) is 0 Å². The second-order valence-electron chi connectivity index (χ2n) is 11.8. The lowest BCUT2D eigenvalue weighted by atomic mass is 9.85. The molecule has 9 rings (SSSR count). The zero-order valence-corrected chi connectivity index (χ0v) is 25.5. The van der Waals surface area contributed by atoms with Crippen molar-refractivity contribution in [1.29, 1.82) is 0 Å². The molecule has 0 amide bonds. The van der Waals surface area contributed by atoms with Gasteiger partial charge < -0.3 is 0 Å². The van der Waals surface area contributed by atoms with E-state index in [9.17, 15) is 0 Å². The Labute approximate surface area is 272 Å². The molecule has 0 N–H and O–H groups in total. The Balaban J connectivity index is 1.13. The Morgan fingerprint density at radius 3 is 1.60 bits per heavy atom. The lowest BCUT2D eigenvalue weighted by molar-refractivity contribution is 0.766. The summed E-state index contributed by atoms with van der Waals surface area (Å²) in [4.78, 5) is 5.95. The minimum absolute atomic E-state index is 0.854. The van der Waals surface area contributed by atoms with E-state index in [1.54, 1.807) is 11.0 Å². The van der Waals surface area contributed by atoms with Gasteiger partial charge in [0.2, 0.25) is 0 Å². The van der Waals surface area contributed by atoms with Crippen LogP contribution in [0.3, 0.4) is 0 Å². The van der Waals surface area contributed by atoms with Crippen LogP contribution in [-0.2, 0) is 0 Å². The average molecular weight is 601 g/mol. The first-order chi connectivity index (χ1) is 23.3. The monoisotopic (exact) mass is 600 g/mol. The molecule has 0 aliphatic carbocycles. The number of nitrogens with zero attached hydrogens (tertiary/aromatic N) is 4. The maximum Gasteiger partial charge on any atom is 0.114 e. The fourth-order valence-electron chi connectivity index (χ4n) is 6.74. The summed E-state index contributed by atoms with van der Waals surface area (Å²) >= 11 is 0. The zero-order chi connectivity index (χ0) is 31.2. The van der Waals surface area contributed by atoms with Crippen molar-refractivity contribution in [3.8, 4) is 50.2 Å². The van der Waals surface area contributed by atoms with Crippen LogP contribution < -0.4 is 0 Å². The molecule has 0 unspecified atom stereocenters. The van der Waals surface area contributed by atoms with Gasteiger partial charge in [0.15, 0.2) is 0 Å². The van der Waals surface area contributed by atoms with Gasteiger partial charge in [0.05, 0.1) is 5.69 Å². The third-order valence-corrected chi connectivity index (χ3v) is 8.95. The van der Waals surface area contributed by atoms with Gasteiger partial charge in [-0.1, -0.05) is 121 Å². The van der Waals surface area contributed by atoms with Gasteiger partial charge in [0, 0.05) is 12.4 Å². The van der Waals surface area contributed by atoms with E-state index in [1.807, 2.05) is 24.4 Å². The highest BCUT2D eigenvalue weighted by Crippen LogP contribution is 2.44. The summed E-state index contributed by atoms with van der Waals surface area (Å²) < 4.78 is 0. The predicted molar refractivity (Wildman–Crippen MR) is 193 cm³/mol. The Hall–Kier alpha value is -6.39. The number of rotatable bonds is 5. The lowest BCUT2D eigenvalue weighted by Gasteiger charge is -2.18.